The Hall–Kier alpha value is -2.30. The van der Waals surface area contributed by atoms with Crippen LogP contribution in [-0.4, -0.2) is 9.97 Å². The van der Waals surface area contributed by atoms with Crippen molar-refractivity contribution in [3.8, 4) is 11.4 Å². The van der Waals surface area contributed by atoms with E-state index >= 15 is 0 Å². The third-order valence-corrected chi connectivity index (χ3v) is 2.86. The first kappa shape index (κ1) is 11.8. The van der Waals surface area contributed by atoms with E-state index in [2.05, 4.69) is 9.97 Å². The van der Waals surface area contributed by atoms with E-state index in [1.807, 2.05) is 30.3 Å². The van der Waals surface area contributed by atoms with Crippen molar-refractivity contribution >= 4 is 11.0 Å². The highest BCUT2D eigenvalue weighted by Crippen LogP contribution is 2.31. The minimum Gasteiger partial charge on any atom is -0.338 e. The first-order chi connectivity index (χ1) is 9.04. The fourth-order valence-corrected chi connectivity index (χ4v) is 1.91. The Morgan fingerprint density at radius 2 is 1.68 bits per heavy atom. The SMILES string of the molecule is FC(F)(F)c1ccc2[nH]c(-c3ccccc3)nc2c1. The molecule has 0 unspecified atom stereocenters. The molecule has 0 fully saturated rings. The number of aromatic amines is 1. The van der Waals surface area contributed by atoms with Gasteiger partial charge in [0.15, 0.2) is 0 Å². The van der Waals surface area contributed by atoms with Crippen molar-refractivity contribution in [2.45, 2.75) is 6.18 Å². The van der Waals surface area contributed by atoms with Gasteiger partial charge in [0.05, 0.1) is 16.6 Å². The van der Waals surface area contributed by atoms with E-state index in [-0.39, 0.29) is 0 Å². The molecule has 19 heavy (non-hydrogen) atoms. The number of aromatic nitrogens is 2. The fourth-order valence-electron chi connectivity index (χ4n) is 1.91. The van der Waals surface area contributed by atoms with Gasteiger partial charge in [-0.1, -0.05) is 30.3 Å². The smallest absolute Gasteiger partial charge is 0.338 e. The molecule has 3 aromatic rings. The summed E-state index contributed by atoms with van der Waals surface area (Å²) in [6.07, 6.45) is -4.35. The lowest BCUT2D eigenvalue weighted by atomic mass is 10.2. The number of nitrogens with zero attached hydrogens (tertiary/aromatic N) is 1. The van der Waals surface area contributed by atoms with Crippen molar-refractivity contribution < 1.29 is 13.2 Å². The summed E-state index contributed by atoms with van der Waals surface area (Å²) < 4.78 is 37.8. The van der Waals surface area contributed by atoms with Gasteiger partial charge in [-0.15, -0.1) is 0 Å². The minimum absolute atomic E-state index is 0.314. The summed E-state index contributed by atoms with van der Waals surface area (Å²) in [4.78, 5) is 7.21. The molecular weight excluding hydrogens is 253 g/mol. The van der Waals surface area contributed by atoms with Crippen LogP contribution in [-0.2, 0) is 6.18 Å². The molecule has 2 aromatic carbocycles. The van der Waals surface area contributed by atoms with Crippen LogP contribution in [0, 0.1) is 0 Å². The fraction of sp³-hybridized carbons (Fsp3) is 0.0714. The molecule has 0 saturated carbocycles. The zero-order valence-corrected chi connectivity index (χ0v) is 9.70. The van der Waals surface area contributed by atoms with Crippen molar-refractivity contribution in [2.24, 2.45) is 0 Å². The molecule has 0 aliphatic carbocycles. The van der Waals surface area contributed by atoms with E-state index < -0.39 is 11.7 Å². The summed E-state index contributed by atoms with van der Waals surface area (Å²) in [6, 6.07) is 12.8. The third-order valence-electron chi connectivity index (χ3n) is 2.86. The highest BCUT2D eigenvalue weighted by molar-refractivity contribution is 5.80. The molecule has 0 radical (unpaired) electrons. The Bertz CT molecular complexity index is 714. The second kappa shape index (κ2) is 4.12. The number of hydrogen-bond donors (Lipinski definition) is 1. The third kappa shape index (κ3) is 2.19. The van der Waals surface area contributed by atoms with Gasteiger partial charge in [0, 0.05) is 5.56 Å². The van der Waals surface area contributed by atoms with Crippen molar-refractivity contribution in [2.75, 3.05) is 0 Å². The largest absolute Gasteiger partial charge is 0.416 e. The Balaban J connectivity index is 2.12. The number of alkyl halides is 3. The van der Waals surface area contributed by atoms with Crippen LogP contribution >= 0.6 is 0 Å². The highest BCUT2D eigenvalue weighted by Gasteiger charge is 2.30. The number of H-pyrrole nitrogens is 1. The van der Waals surface area contributed by atoms with Crippen LogP contribution in [0.4, 0.5) is 13.2 Å². The van der Waals surface area contributed by atoms with Crippen molar-refractivity contribution in [1.29, 1.82) is 0 Å². The lowest BCUT2D eigenvalue weighted by molar-refractivity contribution is -0.137. The van der Waals surface area contributed by atoms with E-state index in [0.29, 0.717) is 16.9 Å². The number of rotatable bonds is 1. The summed E-state index contributed by atoms with van der Waals surface area (Å²) in [5.74, 6) is 0.565. The predicted octanol–water partition coefficient (Wildman–Crippen LogP) is 4.25. The predicted molar refractivity (Wildman–Crippen MR) is 66.5 cm³/mol. The first-order valence-electron chi connectivity index (χ1n) is 5.66. The normalized spacial score (nSPS) is 11.9. The van der Waals surface area contributed by atoms with Crippen LogP contribution < -0.4 is 0 Å². The van der Waals surface area contributed by atoms with Gasteiger partial charge in [-0.2, -0.15) is 13.2 Å². The van der Waals surface area contributed by atoms with Gasteiger partial charge in [-0.05, 0) is 18.2 Å². The standard InChI is InChI=1S/C14H9F3N2/c15-14(16,17)10-6-7-11-12(8-10)19-13(18-11)9-4-2-1-3-5-9/h1-8H,(H,18,19). The topological polar surface area (TPSA) is 28.7 Å². The van der Waals surface area contributed by atoms with E-state index in [0.717, 1.165) is 17.7 Å². The molecule has 0 bridgehead atoms. The molecule has 5 heteroatoms. The van der Waals surface area contributed by atoms with Crippen molar-refractivity contribution in [3.63, 3.8) is 0 Å². The minimum atomic E-state index is -4.35. The van der Waals surface area contributed by atoms with E-state index in [1.54, 1.807) is 0 Å². The van der Waals surface area contributed by atoms with Crippen LogP contribution in [0.5, 0.6) is 0 Å². The highest BCUT2D eigenvalue weighted by atomic mass is 19.4. The second-order valence-corrected chi connectivity index (χ2v) is 4.18. The first-order valence-corrected chi connectivity index (χ1v) is 5.66. The van der Waals surface area contributed by atoms with Gasteiger partial charge in [0.1, 0.15) is 5.82 Å². The lowest BCUT2D eigenvalue weighted by Crippen LogP contribution is -2.04. The molecule has 0 aliphatic heterocycles. The monoisotopic (exact) mass is 262 g/mol. The number of imidazole rings is 1. The van der Waals surface area contributed by atoms with Crippen LogP contribution in [0.3, 0.4) is 0 Å². The van der Waals surface area contributed by atoms with Crippen molar-refractivity contribution in [3.05, 3.63) is 54.1 Å². The van der Waals surface area contributed by atoms with Crippen LogP contribution in [0.1, 0.15) is 5.56 Å². The number of benzene rings is 2. The average molecular weight is 262 g/mol. The lowest BCUT2D eigenvalue weighted by Gasteiger charge is -2.04. The number of hydrogen-bond acceptors (Lipinski definition) is 1. The zero-order valence-electron chi connectivity index (χ0n) is 9.70. The number of nitrogens with one attached hydrogen (secondary N) is 1. The molecule has 0 aliphatic rings. The molecule has 0 saturated heterocycles. The molecule has 0 spiro atoms. The zero-order chi connectivity index (χ0) is 13.5. The molecule has 0 atom stereocenters. The van der Waals surface area contributed by atoms with Crippen molar-refractivity contribution in [1.82, 2.24) is 9.97 Å². The van der Waals surface area contributed by atoms with Gasteiger partial charge in [0.25, 0.3) is 0 Å². The molecule has 0 amide bonds. The quantitative estimate of drug-likeness (QED) is 0.697. The maximum atomic E-state index is 12.6. The maximum Gasteiger partial charge on any atom is 0.416 e. The summed E-state index contributed by atoms with van der Waals surface area (Å²) in [5.41, 5.74) is 1.05. The Morgan fingerprint density at radius 1 is 0.947 bits per heavy atom. The van der Waals surface area contributed by atoms with Gasteiger partial charge in [-0.3, -0.25) is 0 Å². The van der Waals surface area contributed by atoms with Gasteiger partial charge in [0.2, 0.25) is 0 Å². The maximum absolute atomic E-state index is 12.6. The van der Waals surface area contributed by atoms with Crippen LogP contribution in [0.2, 0.25) is 0 Å². The van der Waals surface area contributed by atoms with Gasteiger partial charge < -0.3 is 4.98 Å². The Labute approximate surface area is 106 Å². The van der Waals surface area contributed by atoms with E-state index in [9.17, 15) is 13.2 Å². The molecule has 3 rings (SSSR count). The summed E-state index contributed by atoms with van der Waals surface area (Å²) in [5, 5.41) is 0. The number of halogens is 3. The summed E-state index contributed by atoms with van der Waals surface area (Å²) in [7, 11) is 0. The Kier molecular flexibility index (Phi) is 2.55. The molecular formula is C14H9F3N2. The molecule has 1 heterocycles. The summed E-state index contributed by atoms with van der Waals surface area (Å²) >= 11 is 0. The van der Waals surface area contributed by atoms with Gasteiger partial charge >= 0.3 is 6.18 Å². The van der Waals surface area contributed by atoms with Crippen LogP contribution in [0.15, 0.2) is 48.5 Å². The molecule has 2 nitrogen and oxygen atoms in total. The molecule has 96 valence electrons. The van der Waals surface area contributed by atoms with Crippen LogP contribution in [0.25, 0.3) is 22.4 Å². The number of fused-ring (bicyclic) bond motifs is 1. The van der Waals surface area contributed by atoms with E-state index in [1.165, 1.54) is 6.07 Å². The second-order valence-electron chi connectivity index (χ2n) is 4.18. The Morgan fingerprint density at radius 3 is 2.37 bits per heavy atom. The van der Waals surface area contributed by atoms with Gasteiger partial charge in [-0.25, -0.2) is 4.98 Å². The van der Waals surface area contributed by atoms with E-state index in [4.69, 9.17) is 0 Å². The summed E-state index contributed by atoms with van der Waals surface area (Å²) in [6.45, 7) is 0. The molecule has 1 N–H and O–H groups in total. The average Bonchev–Trinajstić information content (AvgIpc) is 2.81. The molecule has 1 aromatic heterocycles.